The van der Waals surface area contributed by atoms with E-state index in [2.05, 4.69) is 53.6 Å². The summed E-state index contributed by atoms with van der Waals surface area (Å²) in [7, 11) is 5.66. The summed E-state index contributed by atoms with van der Waals surface area (Å²) in [6, 6.07) is 10.2. The molecular weight excluding hydrogens is 352 g/mol. The molecule has 0 radical (unpaired) electrons. The summed E-state index contributed by atoms with van der Waals surface area (Å²) >= 11 is 0. The van der Waals surface area contributed by atoms with Crippen molar-refractivity contribution in [2.24, 2.45) is 4.99 Å². The Hall–Kier alpha value is -2.38. The highest BCUT2D eigenvalue weighted by molar-refractivity contribution is 5.79. The molecule has 0 atom stereocenters. The largest absolute Gasteiger partial charge is 0.385 e. The average Bonchev–Trinajstić information content (AvgIpc) is 2.99. The quantitative estimate of drug-likeness (QED) is 0.372. The van der Waals surface area contributed by atoms with Gasteiger partial charge in [-0.2, -0.15) is 5.10 Å². The molecule has 1 aromatic carbocycles. The molecule has 0 aliphatic rings. The fourth-order valence-corrected chi connectivity index (χ4v) is 3.10. The Kier molecular flexibility index (Phi) is 8.97. The predicted octanol–water partition coefficient (Wildman–Crippen LogP) is 2.12. The molecule has 0 fully saturated rings. The van der Waals surface area contributed by atoms with Crippen LogP contribution in [0.4, 0.5) is 0 Å². The minimum atomic E-state index is 0.688. The van der Waals surface area contributed by atoms with E-state index in [1.54, 1.807) is 14.2 Å². The van der Waals surface area contributed by atoms with E-state index < -0.39 is 0 Å². The maximum Gasteiger partial charge on any atom is 0.191 e. The third-order valence-corrected chi connectivity index (χ3v) is 4.77. The molecule has 2 N–H and O–H groups in total. The first kappa shape index (κ1) is 21.9. The van der Waals surface area contributed by atoms with Gasteiger partial charge in [0.15, 0.2) is 5.96 Å². The van der Waals surface area contributed by atoms with Gasteiger partial charge >= 0.3 is 0 Å². The van der Waals surface area contributed by atoms with Gasteiger partial charge in [-0.05, 0) is 39.4 Å². The Morgan fingerprint density at radius 1 is 1.18 bits per heavy atom. The van der Waals surface area contributed by atoms with Crippen molar-refractivity contribution in [2.75, 3.05) is 47.4 Å². The molecule has 1 heterocycles. The normalized spacial score (nSPS) is 11.9. The molecule has 7 nitrogen and oxygen atoms in total. The van der Waals surface area contributed by atoms with Gasteiger partial charge in [0.25, 0.3) is 0 Å². The number of benzene rings is 1. The summed E-state index contributed by atoms with van der Waals surface area (Å²) in [4.78, 5) is 6.62. The van der Waals surface area contributed by atoms with Crippen molar-refractivity contribution in [1.29, 1.82) is 0 Å². The second-order valence-electron chi connectivity index (χ2n) is 6.90. The van der Waals surface area contributed by atoms with Crippen molar-refractivity contribution in [1.82, 2.24) is 25.3 Å². The van der Waals surface area contributed by atoms with Crippen LogP contribution in [0.25, 0.3) is 5.69 Å². The van der Waals surface area contributed by atoms with Crippen LogP contribution in [0.1, 0.15) is 23.4 Å². The average molecular weight is 387 g/mol. The first-order chi connectivity index (χ1) is 13.6. The Bertz CT molecular complexity index is 741. The number of guanidine groups is 1. The van der Waals surface area contributed by atoms with Gasteiger partial charge in [0.1, 0.15) is 0 Å². The van der Waals surface area contributed by atoms with E-state index in [0.29, 0.717) is 6.54 Å². The lowest BCUT2D eigenvalue weighted by atomic mass is 10.2. The lowest BCUT2D eigenvalue weighted by Gasteiger charge is -2.18. The Morgan fingerprint density at radius 3 is 2.61 bits per heavy atom. The summed E-state index contributed by atoms with van der Waals surface area (Å²) in [5.74, 6) is 0.802. The third kappa shape index (κ3) is 6.35. The molecule has 0 saturated heterocycles. The van der Waals surface area contributed by atoms with E-state index in [9.17, 15) is 0 Å². The van der Waals surface area contributed by atoms with Gasteiger partial charge in [-0.15, -0.1) is 0 Å². The second-order valence-corrected chi connectivity index (χ2v) is 6.90. The summed E-state index contributed by atoms with van der Waals surface area (Å²) in [5, 5.41) is 11.5. The molecule has 0 saturated carbocycles. The van der Waals surface area contributed by atoms with Crippen LogP contribution in [0, 0.1) is 13.8 Å². The van der Waals surface area contributed by atoms with Crippen molar-refractivity contribution in [3.63, 3.8) is 0 Å². The summed E-state index contributed by atoms with van der Waals surface area (Å²) in [6.07, 6.45) is 1.05. The van der Waals surface area contributed by atoms with E-state index >= 15 is 0 Å². The van der Waals surface area contributed by atoms with Crippen molar-refractivity contribution in [2.45, 2.75) is 26.8 Å². The number of aryl methyl sites for hydroxylation is 1. The monoisotopic (exact) mass is 386 g/mol. The van der Waals surface area contributed by atoms with Crippen LogP contribution in [0.5, 0.6) is 0 Å². The van der Waals surface area contributed by atoms with Crippen molar-refractivity contribution < 1.29 is 4.74 Å². The zero-order chi connectivity index (χ0) is 20.4. The predicted molar refractivity (Wildman–Crippen MR) is 115 cm³/mol. The number of nitrogens with zero attached hydrogens (tertiary/aromatic N) is 4. The van der Waals surface area contributed by atoms with Gasteiger partial charge in [-0.3, -0.25) is 4.99 Å². The zero-order valence-electron chi connectivity index (χ0n) is 17.8. The Labute approximate surface area is 168 Å². The van der Waals surface area contributed by atoms with Gasteiger partial charge in [-0.1, -0.05) is 18.2 Å². The van der Waals surface area contributed by atoms with Crippen molar-refractivity contribution in [3.05, 3.63) is 47.3 Å². The smallest absolute Gasteiger partial charge is 0.191 e. The molecule has 2 rings (SSSR count). The lowest BCUT2D eigenvalue weighted by molar-refractivity contribution is 0.180. The standard InChI is InChI=1S/C21H34N6O/c1-17-20(18(2)27(25-17)19-10-7-6-8-11-19)16-24-21(22-3)23-12-14-26(4)13-9-15-28-5/h6-8,10-11H,9,12-16H2,1-5H3,(H2,22,23,24). The number of ether oxygens (including phenoxy) is 1. The number of aromatic nitrogens is 2. The van der Waals surface area contributed by atoms with E-state index in [-0.39, 0.29) is 0 Å². The van der Waals surface area contributed by atoms with E-state index in [1.165, 1.54) is 5.56 Å². The molecule has 1 aromatic heterocycles. The highest BCUT2D eigenvalue weighted by atomic mass is 16.5. The molecule has 0 bridgehead atoms. The van der Waals surface area contributed by atoms with Gasteiger partial charge in [-0.25, -0.2) is 4.68 Å². The second kappa shape index (κ2) is 11.5. The van der Waals surface area contributed by atoms with E-state index in [1.807, 2.05) is 22.9 Å². The number of likely N-dealkylation sites (N-methyl/N-ethyl adjacent to an activating group) is 1. The van der Waals surface area contributed by atoms with Gasteiger partial charge in [0, 0.05) is 58.2 Å². The first-order valence-electron chi connectivity index (χ1n) is 9.79. The van der Waals surface area contributed by atoms with Crippen molar-refractivity contribution in [3.8, 4) is 5.69 Å². The highest BCUT2D eigenvalue weighted by Crippen LogP contribution is 2.17. The third-order valence-electron chi connectivity index (χ3n) is 4.77. The summed E-state index contributed by atoms with van der Waals surface area (Å²) in [6.45, 7) is 8.46. The molecule has 154 valence electrons. The molecule has 0 spiro atoms. The molecule has 0 unspecified atom stereocenters. The van der Waals surface area contributed by atoms with Crippen LogP contribution in [-0.2, 0) is 11.3 Å². The maximum absolute atomic E-state index is 5.10. The fourth-order valence-electron chi connectivity index (χ4n) is 3.10. The minimum Gasteiger partial charge on any atom is -0.385 e. The van der Waals surface area contributed by atoms with Crippen LogP contribution in [0.15, 0.2) is 35.3 Å². The highest BCUT2D eigenvalue weighted by Gasteiger charge is 2.13. The number of hydrogen-bond donors (Lipinski definition) is 2. The summed E-state index contributed by atoms with van der Waals surface area (Å²) < 4.78 is 7.09. The van der Waals surface area contributed by atoms with Crippen LogP contribution >= 0.6 is 0 Å². The number of aliphatic imine (C=N–C) groups is 1. The van der Waals surface area contributed by atoms with Crippen LogP contribution in [-0.4, -0.2) is 68.1 Å². The maximum atomic E-state index is 5.10. The summed E-state index contributed by atoms with van der Waals surface area (Å²) in [5.41, 5.74) is 4.45. The minimum absolute atomic E-state index is 0.688. The molecule has 7 heteroatoms. The Morgan fingerprint density at radius 2 is 1.93 bits per heavy atom. The van der Waals surface area contributed by atoms with Gasteiger partial charge in [0.2, 0.25) is 0 Å². The fraction of sp³-hybridized carbons (Fsp3) is 0.524. The number of para-hydroxylation sites is 1. The van der Waals surface area contributed by atoms with E-state index in [4.69, 9.17) is 9.84 Å². The van der Waals surface area contributed by atoms with Crippen LogP contribution < -0.4 is 10.6 Å². The lowest BCUT2D eigenvalue weighted by Crippen LogP contribution is -2.40. The topological polar surface area (TPSA) is 66.7 Å². The van der Waals surface area contributed by atoms with Gasteiger partial charge < -0.3 is 20.3 Å². The molecule has 0 aliphatic heterocycles. The number of rotatable bonds is 10. The number of nitrogens with one attached hydrogen (secondary N) is 2. The number of methoxy groups -OCH3 is 1. The molecule has 2 aromatic rings. The first-order valence-corrected chi connectivity index (χ1v) is 9.79. The molecule has 28 heavy (non-hydrogen) atoms. The van der Waals surface area contributed by atoms with Gasteiger partial charge in [0.05, 0.1) is 11.4 Å². The molecule has 0 aliphatic carbocycles. The molecular formula is C21H34N6O. The Balaban J connectivity index is 1.86. The zero-order valence-corrected chi connectivity index (χ0v) is 17.8. The molecule has 0 amide bonds. The van der Waals surface area contributed by atoms with Crippen LogP contribution in [0.2, 0.25) is 0 Å². The van der Waals surface area contributed by atoms with Crippen molar-refractivity contribution >= 4 is 5.96 Å². The SMILES string of the molecule is CN=C(NCCN(C)CCCOC)NCc1c(C)nn(-c2ccccc2)c1C. The van der Waals surface area contributed by atoms with Crippen LogP contribution in [0.3, 0.4) is 0 Å². The van der Waals surface area contributed by atoms with E-state index in [0.717, 1.165) is 55.7 Å². The number of hydrogen-bond acceptors (Lipinski definition) is 4.